The molecule has 1 aliphatic heterocycles. The van der Waals surface area contributed by atoms with Crippen molar-refractivity contribution in [1.82, 2.24) is 10.2 Å². The zero-order valence-electron chi connectivity index (χ0n) is 11.0. The topological polar surface area (TPSA) is 32.3 Å². The highest BCUT2D eigenvalue weighted by molar-refractivity contribution is 8.63. The van der Waals surface area contributed by atoms with Crippen LogP contribution in [0.5, 0.6) is 0 Å². The van der Waals surface area contributed by atoms with Crippen LogP contribution in [0.3, 0.4) is 0 Å². The Balaban J connectivity index is 2.37. The smallest absolute Gasteiger partial charge is 0.317 e. The lowest BCUT2D eigenvalue weighted by molar-refractivity contribution is 0.197. The standard InChI is InChI=1S/C12H20N2OP4/c1-2-6-14-8-10-9(7-13-12(14)15)4-3-5-11(10)19(17)18-16/h3-5,18H,2,6-8,16-17H2,1H3,(H,13,15). The summed E-state index contributed by atoms with van der Waals surface area (Å²) in [4.78, 5) is 14.0. The molecule has 4 atom stereocenters. The molecule has 1 heterocycles. The van der Waals surface area contributed by atoms with E-state index in [9.17, 15) is 4.79 Å². The highest BCUT2D eigenvalue weighted by Gasteiger charge is 2.22. The van der Waals surface area contributed by atoms with Gasteiger partial charge >= 0.3 is 6.03 Å². The third-order valence-corrected chi connectivity index (χ3v) is 13.3. The maximum Gasteiger partial charge on any atom is 0.317 e. The highest BCUT2D eigenvalue weighted by Crippen LogP contribution is 2.65. The van der Waals surface area contributed by atoms with Crippen LogP contribution in [0.4, 0.5) is 4.79 Å². The fraction of sp³-hybridized carbons (Fsp3) is 0.417. The number of hydrogen-bond donors (Lipinski definition) is 1. The van der Waals surface area contributed by atoms with E-state index in [0.29, 0.717) is 6.54 Å². The number of fused-ring (bicyclic) bond motifs is 1. The van der Waals surface area contributed by atoms with Crippen LogP contribution in [0.15, 0.2) is 18.2 Å². The van der Waals surface area contributed by atoms with Crippen molar-refractivity contribution >= 4 is 44.4 Å². The lowest BCUT2D eigenvalue weighted by Crippen LogP contribution is -2.37. The van der Waals surface area contributed by atoms with E-state index in [0.717, 1.165) is 27.5 Å². The lowest BCUT2D eigenvalue weighted by Gasteiger charge is -2.22. The molecule has 0 aromatic heterocycles. The van der Waals surface area contributed by atoms with E-state index < -0.39 is 0 Å². The number of carbonyl (C=O) groups excluding carboxylic acids is 1. The molecule has 0 saturated carbocycles. The monoisotopic (exact) mass is 332 g/mol. The summed E-state index contributed by atoms with van der Waals surface area (Å²) in [6.45, 7) is 4.32. The van der Waals surface area contributed by atoms with Gasteiger partial charge in [-0.3, -0.25) is 0 Å². The molecule has 104 valence electrons. The summed E-state index contributed by atoms with van der Waals surface area (Å²) in [6, 6.07) is 6.52. The van der Waals surface area contributed by atoms with Gasteiger partial charge in [-0.1, -0.05) is 33.1 Å². The van der Waals surface area contributed by atoms with Gasteiger partial charge in [0.25, 0.3) is 0 Å². The fourth-order valence-corrected chi connectivity index (χ4v) is 6.17. The number of amides is 2. The first-order valence-electron chi connectivity index (χ1n) is 6.32. The van der Waals surface area contributed by atoms with Crippen molar-refractivity contribution in [3.63, 3.8) is 0 Å². The van der Waals surface area contributed by atoms with E-state index in [1.807, 2.05) is 4.90 Å². The summed E-state index contributed by atoms with van der Waals surface area (Å²) in [5.74, 6) is 0. The van der Waals surface area contributed by atoms with E-state index in [1.54, 1.807) is 0 Å². The quantitative estimate of drug-likeness (QED) is 0.842. The minimum Gasteiger partial charge on any atom is -0.334 e. The van der Waals surface area contributed by atoms with Gasteiger partial charge < -0.3 is 10.2 Å². The number of rotatable bonds is 4. The Bertz CT molecular complexity index is 469. The average Bonchev–Trinajstić information content (AvgIpc) is 2.58. The largest absolute Gasteiger partial charge is 0.334 e. The maximum absolute atomic E-state index is 12.0. The maximum atomic E-state index is 12.0. The second-order valence-corrected chi connectivity index (χ2v) is 13.6. The second-order valence-electron chi connectivity index (χ2n) is 4.49. The Morgan fingerprint density at radius 2 is 2.32 bits per heavy atom. The van der Waals surface area contributed by atoms with Crippen LogP contribution >= 0.6 is 33.1 Å². The van der Waals surface area contributed by atoms with Gasteiger partial charge in [-0.2, -0.15) is 0 Å². The Hall–Kier alpha value is 0.210. The summed E-state index contributed by atoms with van der Waals surface area (Å²) in [7, 11) is 6.46. The third kappa shape index (κ3) is 3.65. The van der Waals surface area contributed by atoms with Gasteiger partial charge in [0.2, 0.25) is 0 Å². The summed E-state index contributed by atoms with van der Waals surface area (Å²) in [5, 5.41) is 4.42. The molecule has 0 aliphatic carbocycles. The molecule has 0 bridgehead atoms. The summed E-state index contributed by atoms with van der Waals surface area (Å²) >= 11 is 0. The highest BCUT2D eigenvalue weighted by atomic mass is 32.6. The van der Waals surface area contributed by atoms with E-state index in [4.69, 9.17) is 0 Å². The normalized spacial score (nSPS) is 17.2. The van der Waals surface area contributed by atoms with E-state index in [-0.39, 0.29) is 13.3 Å². The summed E-state index contributed by atoms with van der Waals surface area (Å²) in [6.07, 6.45) is 0.992. The van der Waals surface area contributed by atoms with Gasteiger partial charge in [0.1, 0.15) is 0 Å². The number of carbonyl (C=O) groups is 1. The lowest BCUT2D eigenvalue weighted by atomic mass is 10.1. The minimum atomic E-state index is -0.201. The molecule has 1 N–H and O–H groups in total. The number of urea groups is 1. The van der Waals surface area contributed by atoms with Crippen molar-refractivity contribution in [2.45, 2.75) is 26.4 Å². The molecule has 19 heavy (non-hydrogen) atoms. The zero-order valence-corrected chi connectivity index (χ0v) is 15.2. The summed E-state index contributed by atoms with van der Waals surface area (Å²) < 4.78 is 0. The molecule has 0 fully saturated rings. The first-order chi connectivity index (χ1) is 9.17. The van der Waals surface area contributed by atoms with Crippen LogP contribution in [0.25, 0.3) is 0 Å². The van der Waals surface area contributed by atoms with Crippen molar-refractivity contribution < 1.29 is 4.79 Å². The van der Waals surface area contributed by atoms with Crippen LogP contribution in [0, 0.1) is 0 Å². The van der Waals surface area contributed by atoms with Crippen molar-refractivity contribution in [3.8, 4) is 0 Å². The predicted molar refractivity (Wildman–Crippen MR) is 93.7 cm³/mol. The number of hydrogen-bond acceptors (Lipinski definition) is 1. The Morgan fingerprint density at radius 3 is 3.00 bits per heavy atom. The van der Waals surface area contributed by atoms with Gasteiger partial charge in [-0.05, 0) is 30.2 Å². The van der Waals surface area contributed by atoms with Crippen LogP contribution in [-0.4, -0.2) is 17.5 Å². The molecule has 7 heteroatoms. The molecule has 1 aliphatic rings. The van der Waals surface area contributed by atoms with E-state index in [2.05, 4.69) is 48.3 Å². The number of benzene rings is 1. The van der Waals surface area contributed by atoms with Crippen molar-refractivity contribution in [3.05, 3.63) is 29.3 Å². The Kier molecular flexibility index (Phi) is 5.98. The van der Waals surface area contributed by atoms with Gasteiger partial charge in [-0.25, -0.2) is 4.79 Å². The van der Waals surface area contributed by atoms with E-state index in [1.165, 1.54) is 16.4 Å². The van der Waals surface area contributed by atoms with Crippen LogP contribution < -0.4 is 10.6 Å². The van der Waals surface area contributed by atoms with Crippen LogP contribution in [0.1, 0.15) is 24.5 Å². The van der Waals surface area contributed by atoms with Crippen molar-refractivity contribution in [2.24, 2.45) is 0 Å². The second kappa shape index (κ2) is 7.28. The number of nitrogens with zero attached hydrogens (tertiary/aromatic N) is 1. The molecule has 1 aromatic rings. The molecule has 0 saturated heterocycles. The van der Waals surface area contributed by atoms with Crippen molar-refractivity contribution in [1.29, 1.82) is 0 Å². The molecule has 4 unspecified atom stereocenters. The molecular weight excluding hydrogens is 312 g/mol. The molecule has 1 aromatic carbocycles. The molecule has 3 nitrogen and oxygen atoms in total. The third-order valence-electron chi connectivity index (χ3n) is 3.21. The first-order valence-corrected chi connectivity index (χ1v) is 12.9. The first kappa shape index (κ1) is 15.6. The SMILES string of the molecule is CCCN1Cc2c(cccc2P(P)PP)CNC1=O. The van der Waals surface area contributed by atoms with Gasteiger partial charge in [-0.15, -0.1) is 17.9 Å². The van der Waals surface area contributed by atoms with Crippen molar-refractivity contribution in [2.75, 3.05) is 6.54 Å². The van der Waals surface area contributed by atoms with Crippen LogP contribution in [0.2, 0.25) is 0 Å². The van der Waals surface area contributed by atoms with Crippen LogP contribution in [-0.2, 0) is 13.1 Å². The predicted octanol–water partition coefficient (Wildman–Crippen LogP) is 3.40. The summed E-state index contributed by atoms with van der Waals surface area (Å²) in [5.41, 5.74) is 2.62. The average molecular weight is 332 g/mol. The molecule has 2 rings (SSSR count). The van der Waals surface area contributed by atoms with E-state index >= 15 is 0 Å². The molecule has 0 spiro atoms. The molecular formula is C12H20N2OP4. The number of nitrogens with one attached hydrogen (secondary N) is 1. The molecule has 0 radical (unpaired) electrons. The van der Waals surface area contributed by atoms with Gasteiger partial charge in [0, 0.05) is 19.6 Å². The molecule has 2 amide bonds. The van der Waals surface area contributed by atoms with Gasteiger partial charge in [0.15, 0.2) is 0 Å². The minimum absolute atomic E-state index is 0.0606. The fourth-order valence-electron chi connectivity index (χ4n) is 2.26. The zero-order chi connectivity index (χ0) is 13.8. The van der Waals surface area contributed by atoms with Gasteiger partial charge in [0.05, 0.1) is 0 Å². The Labute approximate surface area is 122 Å². The Morgan fingerprint density at radius 1 is 1.53 bits per heavy atom.